The lowest BCUT2D eigenvalue weighted by Crippen LogP contribution is -2.18. The van der Waals surface area contributed by atoms with Gasteiger partial charge in [0.2, 0.25) is 0 Å². The van der Waals surface area contributed by atoms with E-state index in [1.54, 1.807) is 19.5 Å². The van der Waals surface area contributed by atoms with Crippen LogP contribution in [0.2, 0.25) is 0 Å². The van der Waals surface area contributed by atoms with Crippen molar-refractivity contribution in [2.75, 3.05) is 26.9 Å². The van der Waals surface area contributed by atoms with Gasteiger partial charge < -0.3 is 15.2 Å². The van der Waals surface area contributed by atoms with E-state index in [0.29, 0.717) is 19.8 Å². The van der Waals surface area contributed by atoms with Gasteiger partial charge in [0, 0.05) is 31.6 Å². The van der Waals surface area contributed by atoms with Crippen molar-refractivity contribution < 1.29 is 9.47 Å². The zero-order valence-electron chi connectivity index (χ0n) is 8.35. The molecule has 0 saturated heterocycles. The molecular weight excluding hydrogens is 180 g/mol. The molecule has 0 saturated carbocycles. The van der Waals surface area contributed by atoms with Crippen molar-refractivity contribution in [2.24, 2.45) is 5.73 Å². The second-order valence-corrected chi connectivity index (χ2v) is 2.87. The lowest BCUT2D eigenvalue weighted by molar-refractivity contribution is 0.0206. The van der Waals surface area contributed by atoms with Crippen molar-refractivity contribution >= 4 is 0 Å². The summed E-state index contributed by atoms with van der Waals surface area (Å²) in [6, 6.07) is 3.83. The topological polar surface area (TPSA) is 57.4 Å². The molecule has 0 aliphatic carbocycles. The summed E-state index contributed by atoms with van der Waals surface area (Å²) >= 11 is 0. The number of nitrogens with zero attached hydrogens (tertiary/aromatic N) is 1. The van der Waals surface area contributed by atoms with Gasteiger partial charge in [-0.15, -0.1) is 0 Å². The molecule has 4 nitrogen and oxygen atoms in total. The number of pyridine rings is 1. The van der Waals surface area contributed by atoms with E-state index in [9.17, 15) is 0 Å². The summed E-state index contributed by atoms with van der Waals surface area (Å²) in [6.45, 7) is 1.58. The second-order valence-electron chi connectivity index (χ2n) is 2.87. The quantitative estimate of drug-likeness (QED) is 0.682. The Morgan fingerprint density at radius 3 is 2.93 bits per heavy atom. The van der Waals surface area contributed by atoms with E-state index >= 15 is 0 Å². The predicted octanol–water partition coefficient (Wildman–Crippen LogP) is 0.744. The van der Waals surface area contributed by atoms with E-state index in [4.69, 9.17) is 15.2 Å². The summed E-state index contributed by atoms with van der Waals surface area (Å²) in [5.41, 5.74) is 6.60. The van der Waals surface area contributed by atoms with Crippen LogP contribution in [0, 0.1) is 0 Å². The highest BCUT2D eigenvalue weighted by Gasteiger charge is 2.08. The first-order valence-corrected chi connectivity index (χ1v) is 4.59. The average Bonchev–Trinajstić information content (AvgIpc) is 2.26. The molecule has 1 rings (SSSR count). The third-order valence-corrected chi connectivity index (χ3v) is 1.88. The van der Waals surface area contributed by atoms with Crippen molar-refractivity contribution in [3.63, 3.8) is 0 Å². The smallest absolute Gasteiger partial charge is 0.0963 e. The maximum atomic E-state index is 5.59. The van der Waals surface area contributed by atoms with Gasteiger partial charge in [0.25, 0.3) is 0 Å². The lowest BCUT2D eigenvalue weighted by atomic mass is 10.2. The van der Waals surface area contributed by atoms with Crippen LogP contribution in [0.15, 0.2) is 24.5 Å². The standard InChI is InChI=1S/C10H16N2O2/c1-13-5-6-14-10(7-11)9-3-2-4-12-8-9/h2-4,8,10H,5-7,11H2,1H3. The van der Waals surface area contributed by atoms with Gasteiger partial charge in [0.15, 0.2) is 0 Å². The third-order valence-electron chi connectivity index (χ3n) is 1.88. The number of aromatic nitrogens is 1. The Morgan fingerprint density at radius 1 is 1.50 bits per heavy atom. The number of ether oxygens (including phenoxy) is 2. The monoisotopic (exact) mass is 196 g/mol. The molecule has 0 spiro atoms. The SMILES string of the molecule is COCCOC(CN)c1cccnc1. The van der Waals surface area contributed by atoms with Crippen molar-refractivity contribution in [3.8, 4) is 0 Å². The molecule has 1 heterocycles. The lowest BCUT2D eigenvalue weighted by Gasteiger charge is -2.15. The number of nitrogens with two attached hydrogens (primary N) is 1. The first kappa shape index (κ1) is 11.1. The molecule has 0 bridgehead atoms. The largest absolute Gasteiger partial charge is 0.382 e. The molecule has 0 aromatic carbocycles. The number of rotatable bonds is 6. The summed E-state index contributed by atoms with van der Waals surface area (Å²) in [5.74, 6) is 0. The van der Waals surface area contributed by atoms with Crippen LogP contribution >= 0.6 is 0 Å². The van der Waals surface area contributed by atoms with E-state index in [0.717, 1.165) is 5.56 Å². The van der Waals surface area contributed by atoms with E-state index < -0.39 is 0 Å². The van der Waals surface area contributed by atoms with Gasteiger partial charge in [-0.05, 0) is 6.07 Å². The minimum atomic E-state index is -0.0844. The Hall–Kier alpha value is -0.970. The summed E-state index contributed by atoms with van der Waals surface area (Å²) in [7, 11) is 1.64. The number of methoxy groups -OCH3 is 1. The summed E-state index contributed by atoms with van der Waals surface area (Å²) < 4.78 is 10.4. The van der Waals surface area contributed by atoms with Crippen molar-refractivity contribution in [1.82, 2.24) is 4.98 Å². The predicted molar refractivity (Wildman–Crippen MR) is 53.9 cm³/mol. The fourth-order valence-corrected chi connectivity index (χ4v) is 1.14. The molecule has 1 aromatic heterocycles. The number of hydrogen-bond donors (Lipinski definition) is 1. The van der Waals surface area contributed by atoms with Crippen molar-refractivity contribution in [3.05, 3.63) is 30.1 Å². The van der Waals surface area contributed by atoms with Crippen LogP contribution in [0.1, 0.15) is 11.7 Å². The third kappa shape index (κ3) is 3.41. The maximum Gasteiger partial charge on any atom is 0.0963 e. The summed E-state index contributed by atoms with van der Waals surface area (Å²) in [5, 5.41) is 0. The molecule has 0 amide bonds. The van der Waals surface area contributed by atoms with Gasteiger partial charge in [0.05, 0.1) is 19.3 Å². The second kappa shape index (κ2) is 6.48. The number of hydrogen-bond acceptors (Lipinski definition) is 4. The van der Waals surface area contributed by atoms with Crippen LogP contribution in [0.3, 0.4) is 0 Å². The molecule has 0 radical (unpaired) electrons. The molecule has 0 aliphatic rings. The van der Waals surface area contributed by atoms with Gasteiger partial charge in [-0.1, -0.05) is 6.07 Å². The van der Waals surface area contributed by atoms with Crippen LogP contribution in [-0.4, -0.2) is 31.9 Å². The van der Waals surface area contributed by atoms with E-state index in [2.05, 4.69) is 4.98 Å². The highest BCUT2D eigenvalue weighted by molar-refractivity contribution is 5.12. The minimum Gasteiger partial charge on any atom is -0.382 e. The molecule has 0 aliphatic heterocycles. The normalized spacial score (nSPS) is 12.7. The van der Waals surface area contributed by atoms with Gasteiger partial charge in [-0.25, -0.2) is 0 Å². The van der Waals surface area contributed by atoms with E-state index in [-0.39, 0.29) is 6.10 Å². The highest BCUT2D eigenvalue weighted by Crippen LogP contribution is 2.13. The molecule has 78 valence electrons. The summed E-state index contributed by atoms with van der Waals surface area (Å²) in [6.07, 6.45) is 3.41. The molecule has 14 heavy (non-hydrogen) atoms. The van der Waals surface area contributed by atoms with E-state index in [1.165, 1.54) is 0 Å². The van der Waals surface area contributed by atoms with Gasteiger partial charge in [-0.2, -0.15) is 0 Å². The zero-order chi connectivity index (χ0) is 10.2. The highest BCUT2D eigenvalue weighted by atomic mass is 16.5. The Morgan fingerprint density at radius 2 is 2.36 bits per heavy atom. The molecular formula is C10H16N2O2. The molecule has 1 unspecified atom stereocenters. The van der Waals surface area contributed by atoms with Crippen LogP contribution in [0.5, 0.6) is 0 Å². The van der Waals surface area contributed by atoms with Crippen molar-refractivity contribution in [2.45, 2.75) is 6.10 Å². The Labute approximate surface area is 84.0 Å². The molecule has 1 aromatic rings. The van der Waals surface area contributed by atoms with Crippen LogP contribution < -0.4 is 5.73 Å². The fraction of sp³-hybridized carbons (Fsp3) is 0.500. The molecule has 4 heteroatoms. The Balaban J connectivity index is 2.46. The van der Waals surface area contributed by atoms with Crippen molar-refractivity contribution in [1.29, 1.82) is 0 Å². The first-order valence-electron chi connectivity index (χ1n) is 4.59. The molecule has 2 N–H and O–H groups in total. The maximum absolute atomic E-state index is 5.59. The minimum absolute atomic E-state index is 0.0844. The Bertz CT molecular complexity index is 241. The van der Waals surface area contributed by atoms with Gasteiger partial charge in [0.1, 0.15) is 0 Å². The average molecular weight is 196 g/mol. The van der Waals surface area contributed by atoms with Gasteiger partial charge in [-0.3, -0.25) is 4.98 Å². The zero-order valence-corrected chi connectivity index (χ0v) is 8.35. The van der Waals surface area contributed by atoms with Crippen LogP contribution in [0.25, 0.3) is 0 Å². The van der Waals surface area contributed by atoms with E-state index in [1.807, 2.05) is 12.1 Å². The first-order chi connectivity index (χ1) is 6.88. The molecule has 1 atom stereocenters. The van der Waals surface area contributed by atoms with Crippen LogP contribution in [0.4, 0.5) is 0 Å². The fourth-order valence-electron chi connectivity index (χ4n) is 1.14. The summed E-state index contributed by atoms with van der Waals surface area (Å²) in [4.78, 5) is 4.01. The Kier molecular flexibility index (Phi) is 5.14. The molecule has 0 fully saturated rings. The van der Waals surface area contributed by atoms with Crippen LogP contribution in [-0.2, 0) is 9.47 Å². The van der Waals surface area contributed by atoms with Gasteiger partial charge >= 0.3 is 0 Å².